The topological polar surface area (TPSA) is 83.6 Å². The van der Waals surface area contributed by atoms with Gasteiger partial charge in [-0.3, -0.25) is 4.79 Å². The van der Waals surface area contributed by atoms with E-state index >= 15 is 0 Å². The van der Waals surface area contributed by atoms with E-state index in [-0.39, 0.29) is 11.7 Å². The number of thioether (sulfide) groups is 1. The lowest BCUT2D eigenvalue weighted by molar-refractivity contribution is -0.113. The SMILES string of the molecule is Cc1nc(SCC(=O)Nc2c(C)nn(-c3ccccc3)c2C)c(C#N)c(C)c1C. The Balaban J connectivity index is 1.76. The zero-order valence-electron chi connectivity index (χ0n) is 17.2. The van der Waals surface area contributed by atoms with E-state index in [0.717, 1.165) is 33.9 Å². The third-order valence-electron chi connectivity index (χ3n) is 4.97. The summed E-state index contributed by atoms with van der Waals surface area (Å²) in [7, 11) is 0. The van der Waals surface area contributed by atoms with Crippen molar-refractivity contribution in [2.45, 2.75) is 39.6 Å². The summed E-state index contributed by atoms with van der Waals surface area (Å²) in [6.07, 6.45) is 0. The van der Waals surface area contributed by atoms with Gasteiger partial charge in [-0.15, -0.1) is 0 Å². The van der Waals surface area contributed by atoms with Gasteiger partial charge < -0.3 is 5.32 Å². The minimum absolute atomic E-state index is 0.157. The van der Waals surface area contributed by atoms with Crippen LogP contribution in [0.1, 0.15) is 33.8 Å². The molecule has 1 aromatic carbocycles. The van der Waals surface area contributed by atoms with Crippen molar-refractivity contribution < 1.29 is 4.79 Å². The zero-order valence-corrected chi connectivity index (χ0v) is 18.0. The minimum Gasteiger partial charge on any atom is -0.322 e. The summed E-state index contributed by atoms with van der Waals surface area (Å²) in [4.78, 5) is 17.1. The fourth-order valence-corrected chi connectivity index (χ4v) is 3.99. The second-order valence-electron chi connectivity index (χ2n) is 6.87. The Bertz CT molecular complexity index is 1110. The van der Waals surface area contributed by atoms with Gasteiger partial charge in [0.25, 0.3) is 0 Å². The van der Waals surface area contributed by atoms with E-state index in [1.165, 1.54) is 11.8 Å². The van der Waals surface area contributed by atoms with Gasteiger partial charge >= 0.3 is 0 Å². The summed E-state index contributed by atoms with van der Waals surface area (Å²) in [5, 5.41) is 17.6. The van der Waals surface area contributed by atoms with Crippen molar-refractivity contribution in [2.24, 2.45) is 0 Å². The van der Waals surface area contributed by atoms with Crippen molar-refractivity contribution in [3.63, 3.8) is 0 Å². The summed E-state index contributed by atoms with van der Waals surface area (Å²) in [5.74, 6) is 0.00864. The number of carbonyl (C=O) groups excluding carboxylic acids is 1. The normalized spacial score (nSPS) is 10.6. The Morgan fingerprint density at radius 2 is 1.79 bits per heavy atom. The molecule has 0 fully saturated rings. The standard InChI is InChI=1S/C22H23N5OS/c1-13-14(2)19(11-23)22(24-15(13)3)29-12-20(28)25-21-16(4)26-27(17(21)5)18-9-7-6-8-10-18/h6-10H,12H2,1-5H3,(H,25,28). The molecule has 6 nitrogen and oxygen atoms in total. The number of rotatable bonds is 5. The lowest BCUT2D eigenvalue weighted by atomic mass is 10.1. The Morgan fingerprint density at radius 1 is 1.10 bits per heavy atom. The molecular formula is C22H23N5OS. The summed E-state index contributed by atoms with van der Waals surface area (Å²) in [6, 6.07) is 12.0. The molecule has 0 atom stereocenters. The average molecular weight is 406 g/mol. The van der Waals surface area contributed by atoms with Gasteiger partial charge in [0.1, 0.15) is 11.1 Å². The van der Waals surface area contributed by atoms with Gasteiger partial charge in [-0.1, -0.05) is 30.0 Å². The predicted molar refractivity (Wildman–Crippen MR) is 116 cm³/mol. The lowest BCUT2D eigenvalue weighted by Gasteiger charge is -2.11. The van der Waals surface area contributed by atoms with Crippen molar-refractivity contribution in [1.82, 2.24) is 14.8 Å². The quantitative estimate of drug-likeness (QED) is 0.636. The van der Waals surface area contributed by atoms with Crippen LogP contribution in [0.5, 0.6) is 0 Å². The highest BCUT2D eigenvalue weighted by Gasteiger charge is 2.17. The number of aryl methyl sites for hydroxylation is 2. The first-order valence-corrected chi connectivity index (χ1v) is 10.2. The van der Waals surface area contributed by atoms with Crippen molar-refractivity contribution in [1.29, 1.82) is 5.26 Å². The third kappa shape index (κ3) is 4.17. The van der Waals surface area contributed by atoms with Crippen LogP contribution in [0.15, 0.2) is 35.4 Å². The predicted octanol–water partition coefficient (Wildman–Crippen LogP) is 4.41. The number of anilines is 1. The molecule has 0 aliphatic rings. The monoisotopic (exact) mass is 405 g/mol. The molecule has 0 aliphatic heterocycles. The lowest BCUT2D eigenvalue weighted by Crippen LogP contribution is -2.15. The molecule has 0 spiro atoms. The summed E-state index contributed by atoms with van der Waals surface area (Å²) in [6.45, 7) is 9.58. The number of hydrogen-bond donors (Lipinski definition) is 1. The molecule has 2 aromatic heterocycles. The second kappa shape index (κ2) is 8.50. The number of pyridine rings is 1. The molecule has 3 rings (SSSR count). The van der Waals surface area contributed by atoms with Crippen molar-refractivity contribution in [3.8, 4) is 11.8 Å². The molecule has 0 unspecified atom stereocenters. The van der Waals surface area contributed by atoms with E-state index in [0.29, 0.717) is 16.3 Å². The molecule has 2 heterocycles. The highest BCUT2D eigenvalue weighted by atomic mass is 32.2. The molecule has 1 amide bonds. The molecule has 0 bridgehead atoms. The van der Waals surface area contributed by atoms with E-state index in [4.69, 9.17) is 0 Å². The maximum Gasteiger partial charge on any atom is 0.234 e. The molecule has 148 valence electrons. The Labute approximate surface area is 175 Å². The van der Waals surface area contributed by atoms with Crippen LogP contribution in [0.25, 0.3) is 5.69 Å². The molecule has 0 saturated carbocycles. The van der Waals surface area contributed by atoms with Gasteiger partial charge in [0.15, 0.2) is 0 Å². The number of nitriles is 1. The highest BCUT2D eigenvalue weighted by Crippen LogP contribution is 2.27. The van der Waals surface area contributed by atoms with Crippen LogP contribution in [0.4, 0.5) is 5.69 Å². The molecule has 29 heavy (non-hydrogen) atoms. The number of para-hydroxylation sites is 1. The number of nitrogens with one attached hydrogen (secondary N) is 1. The van der Waals surface area contributed by atoms with Crippen LogP contribution in [0.2, 0.25) is 0 Å². The van der Waals surface area contributed by atoms with E-state index < -0.39 is 0 Å². The highest BCUT2D eigenvalue weighted by molar-refractivity contribution is 8.00. The number of aromatic nitrogens is 3. The average Bonchev–Trinajstić information content (AvgIpc) is 2.99. The Morgan fingerprint density at radius 3 is 2.45 bits per heavy atom. The molecule has 3 aromatic rings. The first kappa shape index (κ1) is 20.6. The number of carbonyl (C=O) groups is 1. The van der Waals surface area contributed by atoms with Crippen LogP contribution < -0.4 is 5.32 Å². The molecule has 0 radical (unpaired) electrons. The van der Waals surface area contributed by atoms with Crippen LogP contribution in [-0.2, 0) is 4.79 Å². The van der Waals surface area contributed by atoms with E-state index in [1.54, 1.807) is 0 Å². The number of nitrogens with zero attached hydrogens (tertiary/aromatic N) is 4. The van der Waals surface area contributed by atoms with Crippen molar-refractivity contribution in [2.75, 3.05) is 11.1 Å². The molecule has 0 saturated heterocycles. The van der Waals surface area contributed by atoms with Gasteiger partial charge in [0.2, 0.25) is 5.91 Å². The Hall–Kier alpha value is -3.11. The first-order chi connectivity index (χ1) is 13.8. The number of hydrogen-bond acceptors (Lipinski definition) is 5. The third-order valence-corrected chi connectivity index (χ3v) is 5.95. The number of amides is 1. The minimum atomic E-state index is -0.157. The van der Waals surface area contributed by atoms with Crippen molar-refractivity contribution in [3.05, 3.63) is 64.1 Å². The van der Waals surface area contributed by atoms with Gasteiger partial charge in [-0.05, 0) is 57.9 Å². The van der Waals surface area contributed by atoms with E-state index in [1.807, 2.05) is 69.6 Å². The summed E-state index contributed by atoms with van der Waals surface area (Å²) >= 11 is 1.28. The summed E-state index contributed by atoms with van der Waals surface area (Å²) < 4.78 is 1.82. The first-order valence-electron chi connectivity index (χ1n) is 9.25. The summed E-state index contributed by atoms with van der Waals surface area (Å²) in [5.41, 5.74) is 6.61. The largest absolute Gasteiger partial charge is 0.322 e. The van der Waals surface area contributed by atoms with Crippen LogP contribution in [0.3, 0.4) is 0 Å². The molecule has 7 heteroatoms. The fraction of sp³-hybridized carbons (Fsp3) is 0.273. The van der Waals surface area contributed by atoms with Crippen LogP contribution in [-0.4, -0.2) is 26.4 Å². The van der Waals surface area contributed by atoms with E-state index in [9.17, 15) is 10.1 Å². The van der Waals surface area contributed by atoms with Gasteiger partial charge in [0, 0.05) is 5.69 Å². The second-order valence-corrected chi connectivity index (χ2v) is 7.83. The van der Waals surface area contributed by atoms with Gasteiger partial charge in [-0.2, -0.15) is 10.4 Å². The van der Waals surface area contributed by atoms with Crippen LogP contribution >= 0.6 is 11.8 Å². The maximum atomic E-state index is 12.6. The maximum absolute atomic E-state index is 12.6. The van der Waals surface area contributed by atoms with Crippen LogP contribution in [0, 0.1) is 45.9 Å². The molecular weight excluding hydrogens is 382 g/mol. The van der Waals surface area contributed by atoms with Crippen molar-refractivity contribution >= 4 is 23.4 Å². The van der Waals surface area contributed by atoms with Gasteiger partial charge in [-0.25, -0.2) is 9.67 Å². The smallest absolute Gasteiger partial charge is 0.234 e. The van der Waals surface area contributed by atoms with E-state index in [2.05, 4.69) is 21.5 Å². The molecule has 1 N–H and O–H groups in total. The Kier molecular flexibility index (Phi) is 6.04. The van der Waals surface area contributed by atoms with Gasteiger partial charge in [0.05, 0.1) is 34.1 Å². The molecule has 0 aliphatic carbocycles. The fourth-order valence-electron chi connectivity index (χ4n) is 3.10. The zero-order chi connectivity index (χ0) is 21.1. The number of benzene rings is 1.